The zero-order valence-corrected chi connectivity index (χ0v) is 14.2. The lowest BCUT2D eigenvalue weighted by Gasteiger charge is -2.19. The lowest BCUT2D eigenvalue weighted by molar-refractivity contribution is -0.146. The smallest absolute Gasteiger partial charge is 0.326 e. The first kappa shape index (κ1) is 17.7. The zero-order valence-electron chi connectivity index (χ0n) is 14.2. The van der Waals surface area contributed by atoms with Crippen molar-refractivity contribution in [3.05, 3.63) is 66.0 Å². The van der Waals surface area contributed by atoms with Gasteiger partial charge in [-0.2, -0.15) is 0 Å². The number of hydrogen-bond donors (Lipinski definition) is 1. The number of rotatable bonds is 6. The molecule has 0 aliphatic carbocycles. The van der Waals surface area contributed by atoms with E-state index in [1.165, 1.54) is 11.0 Å². The molecule has 134 valence electrons. The van der Waals surface area contributed by atoms with Crippen molar-refractivity contribution in [3.8, 4) is 5.75 Å². The van der Waals surface area contributed by atoms with E-state index in [1.54, 1.807) is 18.5 Å². The standard InChI is InChI=1S/C20H20N2O4/c23-19(22-12-2-4-18(22)20(24)25)10-7-15-5-8-17(9-6-15)26-14-16-3-1-11-21-13-16/h1,3,5-11,13,18H,2,4,12,14H2,(H,24,25)/b10-7+. The third-order valence-electron chi connectivity index (χ3n) is 4.25. The quantitative estimate of drug-likeness (QED) is 0.809. The summed E-state index contributed by atoms with van der Waals surface area (Å²) >= 11 is 0. The van der Waals surface area contributed by atoms with Gasteiger partial charge in [0.25, 0.3) is 0 Å². The van der Waals surface area contributed by atoms with E-state index in [0.29, 0.717) is 19.6 Å². The van der Waals surface area contributed by atoms with Crippen LogP contribution >= 0.6 is 0 Å². The molecule has 0 saturated carbocycles. The van der Waals surface area contributed by atoms with Crippen molar-refractivity contribution >= 4 is 18.0 Å². The number of aromatic nitrogens is 1. The number of likely N-dealkylation sites (tertiary alicyclic amines) is 1. The summed E-state index contributed by atoms with van der Waals surface area (Å²) in [5, 5.41) is 9.15. The van der Waals surface area contributed by atoms with Gasteiger partial charge >= 0.3 is 5.97 Å². The summed E-state index contributed by atoms with van der Waals surface area (Å²) < 4.78 is 5.69. The Morgan fingerprint density at radius 1 is 1.27 bits per heavy atom. The Kier molecular flexibility index (Phi) is 5.63. The monoisotopic (exact) mass is 352 g/mol. The highest BCUT2D eigenvalue weighted by Gasteiger charge is 2.32. The van der Waals surface area contributed by atoms with Crippen LogP contribution in [0.15, 0.2) is 54.9 Å². The molecule has 3 rings (SSSR count). The van der Waals surface area contributed by atoms with Crippen molar-refractivity contribution in [2.24, 2.45) is 0 Å². The van der Waals surface area contributed by atoms with Gasteiger partial charge in [0, 0.05) is 30.6 Å². The van der Waals surface area contributed by atoms with Crippen LogP contribution in [0.5, 0.6) is 5.75 Å². The Hall–Kier alpha value is -3.15. The van der Waals surface area contributed by atoms with Gasteiger partial charge in [-0.1, -0.05) is 18.2 Å². The lowest BCUT2D eigenvalue weighted by atomic mass is 10.2. The van der Waals surface area contributed by atoms with Gasteiger partial charge in [-0.05, 0) is 42.7 Å². The molecule has 1 saturated heterocycles. The molecule has 26 heavy (non-hydrogen) atoms. The number of benzene rings is 1. The summed E-state index contributed by atoms with van der Waals surface area (Å²) in [6.07, 6.45) is 7.81. The molecular weight excluding hydrogens is 332 g/mol. The van der Waals surface area contributed by atoms with E-state index < -0.39 is 12.0 Å². The second-order valence-corrected chi connectivity index (χ2v) is 6.08. The van der Waals surface area contributed by atoms with Gasteiger partial charge in [-0.3, -0.25) is 9.78 Å². The number of amides is 1. The number of nitrogens with zero attached hydrogens (tertiary/aromatic N) is 2. The molecule has 1 aromatic carbocycles. The van der Waals surface area contributed by atoms with Gasteiger partial charge in [0.2, 0.25) is 5.91 Å². The molecule has 1 aliphatic rings. The number of aliphatic carboxylic acids is 1. The molecule has 1 aromatic heterocycles. The highest BCUT2D eigenvalue weighted by atomic mass is 16.5. The molecule has 1 fully saturated rings. The van der Waals surface area contributed by atoms with Crippen molar-refractivity contribution in [3.63, 3.8) is 0 Å². The maximum absolute atomic E-state index is 12.2. The number of carbonyl (C=O) groups is 2. The minimum absolute atomic E-state index is 0.271. The number of hydrogen-bond acceptors (Lipinski definition) is 4. The highest BCUT2D eigenvalue weighted by Crippen LogP contribution is 2.19. The first-order chi connectivity index (χ1) is 12.6. The van der Waals surface area contributed by atoms with E-state index >= 15 is 0 Å². The first-order valence-electron chi connectivity index (χ1n) is 8.47. The van der Waals surface area contributed by atoms with Crippen LogP contribution in [0.4, 0.5) is 0 Å². The van der Waals surface area contributed by atoms with E-state index in [9.17, 15) is 9.59 Å². The Bertz CT molecular complexity index is 787. The first-order valence-corrected chi connectivity index (χ1v) is 8.47. The van der Waals surface area contributed by atoms with E-state index in [4.69, 9.17) is 9.84 Å². The minimum atomic E-state index is -0.945. The van der Waals surface area contributed by atoms with Crippen molar-refractivity contribution < 1.29 is 19.4 Å². The molecule has 0 radical (unpaired) electrons. The van der Waals surface area contributed by atoms with Crippen LogP contribution in [0.25, 0.3) is 6.08 Å². The Balaban J connectivity index is 1.56. The lowest BCUT2D eigenvalue weighted by Crippen LogP contribution is -2.39. The number of ether oxygens (including phenoxy) is 1. The van der Waals surface area contributed by atoms with Gasteiger partial charge in [-0.25, -0.2) is 4.79 Å². The third-order valence-corrected chi connectivity index (χ3v) is 4.25. The molecule has 1 unspecified atom stereocenters. The average Bonchev–Trinajstić information content (AvgIpc) is 3.16. The fraction of sp³-hybridized carbons (Fsp3) is 0.250. The molecule has 1 amide bonds. The molecule has 0 bridgehead atoms. The van der Waals surface area contributed by atoms with Crippen LogP contribution < -0.4 is 4.74 Å². The number of pyridine rings is 1. The Morgan fingerprint density at radius 2 is 2.08 bits per heavy atom. The molecule has 6 heteroatoms. The van der Waals surface area contributed by atoms with Crippen molar-refractivity contribution in [2.45, 2.75) is 25.5 Å². The average molecular weight is 352 g/mol. The predicted molar refractivity (Wildman–Crippen MR) is 96.4 cm³/mol. The van der Waals surface area contributed by atoms with Crippen LogP contribution in [0.2, 0.25) is 0 Å². The second-order valence-electron chi connectivity index (χ2n) is 6.08. The van der Waals surface area contributed by atoms with E-state index in [-0.39, 0.29) is 5.91 Å². The van der Waals surface area contributed by atoms with Crippen LogP contribution in [-0.2, 0) is 16.2 Å². The Labute approximate surface area is 151 Å². The normalized spacial score (nSPS) is 16.8. The largest absolute Gasteiger partial charge is 0.489 e. The van der Waals surface area contributed by atoms with Crippen LogP contribution in [0.3, 0.4) is 0 Å². The molecular formula is C20H20N2O4. The second kappa shape index (κ2) is 8.29. The molecule has 1 N–H and O–H groups in total. The molecule has 1 atom stereocenters. The van der Waals surface area contributed by atoms with Crippen molar-refractivity contribution in [1.82, 2.24) is 9.88 Å². The van der Waals surface area contributed by atoms with Crippen molar-refractivity contribution in [2.75, 3.05) is 6.54 Å². The molecule has 0 spiro atoms. The summed E-state index contributed by atoms with van der Waals surface area (Å²) in [7, 11) is 0. The summed E-state index contributed by atoms with van der Waals surface area (Å²) in [4.78, 5) is 28.8. The van der Waals surface area contributed by atoms with Crippen molar-refractivity contribution in [1.29, 1.82) is 0 Å². The Morgan fingerprint density at radius 3 is 2.77 bits per heavy atom. The summed E-state index contributed by atoms with van der Waals surface area (Å²) in [6.45, 7) is 0.925. The topological polar surface area (TPSA) is 79.7 Å². The summed E-state index contributed by atoms with van der Waals surface area (Å²) in [5.41, 5.74) is 1.83. The van der Waals surface area contributed by atoms with Crippen LogP contribution in [-0.4, -0.2) is 39.5 Å². The van der Waals surface area contributed by atoms with Crippen LogP contribution in [0, 0.1) is 0 Å². The fourth-order valence-electron chi connectivity index (χ4n) is 2.88. The molecule has 2 aromatic rings. The molecule has 2 heterocycles. The number of carboxylic acids is 1. The van der Waals surface area contributed by atoms with Gasteiger partial charge in [0.15, 0.2) is 0 Å². The highest BCUT2D eigenvalue weighted by molar-refractivity contribution is 5.94. The van der Waals surface area contributed by atoms with Crippen LogP contribution in [0.1, 0.15) is 24.0 Å². The number of carboxylic acid groups (broad SMARTS) is 1. The third kappa shape index (κ3) is 4.47. The summed E-state index contributed by atoms with van der Waals surface area (Å²) in [6, 6.07) is 10.4. The SMILES string of the molecule is O=C(O)C1CCCN1C(=O)/C=C/c1ccc(OCc2cccnc2)cc1. The van der Waals surface area contributed by atoms with E-state index in [0.717, 1.165) is 23.3 Å². The van der Waals surface area contributed by atoms with Gasteiger partial charge in [0.05, 0.1) is 0 Å². The minimum Gasteiger partial charge on any atom is -0.489 e. The van der Waals surface area contributed by atoms with Gasteiger partial charge in [0.1, 0.15) is 18.4 Å². The van der Waals surface area contributed by atoms with Gasteiger partial charge in [-0.15, -0.1) is 0 Å². The predicted octanol–water partition coefficient (Wildman–Crippen LogP) is 2.75. The van der Waals surface area contributed by atoms with E-state index in [2.05, 4.69) is 4.98 Å². The van der Waals surface area contributed by atoms with E-state index in [1.807, 2.05) is 36.4 Å². The zero-order chi connectivity index (χ0) is 18.4. The molecule has 6 nitrogen and oxygen atoms in total. The van der Waals surface area contributed by atoms with Gasteiger partial charge < -0.3 is 14.7 Å². The number of carbonyl (C=O) groups excluding carboxylic acids is 1. The summed E-state index contributed by atoms with van der Waals surface area (Å²) in [5.74, 6) is -0.492. The maximum atomic E-state index is 12.2. The molecule has 1 aliphatic heterocycles. The fourth-order valence-corrected chi connectivity index (χ4v) is 2.88. The maximum Gasteiger partial charge on any atom is 0.326 e.